The first-order chi connectivity index (χ1) is 13.2. The van der Waals surface area contributed by atoms with Gasteiger partial charge < -0.3 is 5.32 Å². The van der Waals surface area contributed by atoms with Gasteiger partial charge in [0.2, 0.25) is 0 Å². The van der Waals surface area contributed by atoms with Crippen LogP contribution in [0.25, 0.3) is 11.3 Å². The zero-order chi connectivity index (χ0) is 18.6. The molecule has 2 aromatic heterocycles. The molecule has 0 radical (unpaired) electrons. The van der Waals surface area contributed by atoms with Crippen LogP contribution < -0.4 is 5.32 Å². The summed E-state index contributed by atoms with van der Waals surface area (Å²) in [6.07, 6.45) is 5.78. The molecule has 0 saturated carbocycles. The van der Waals surface area contributed by atoms with E-state index in [0.717, 1.165) is 54.3 Å². The minimum atomic E-state index is 0.0232. The van der Waals surface area contributed by atoms with Crippen LogP contribution >= 0.6 is 11.3 Å². The van der Waals surface area contributed by atoms with Gasteiger partial charge in [0.1, 0.15) is 5.01 Å². The number of piperidine rings is 1. The molecule has 140 valence electrons. The fourth-order valence-corrected chi connectivity index (χ4v) is 4.20. The zero-order valence-corrected chi connectivity index (χ0v) is 16.2. The smallest absolute Gasteiger partial charge is 0.251 e. The van der Waals surface area contributed by atoms with Gasteiger partial charge >= 0.3 is 0 Å². The maximum Gasteiger partial charge on any atom is 0.251 e. The largest absolute Gasteiger partial charge is 0.349 e. The number of nitrogens with zero attached hydrogens (tertiary/aromatic N) is 4. The van der Waals surface area contributed by atoms with E-state index in [2.05, 4.69) is 20.7 Å². The van der Waals surface area contributed by atoms with Crippen LogP contribution in [-0.2, 0) is 13.6 Å². The third-order valence-electron chi connectivity index (χ3n) is 4.87. The number of nitrogens with one attached hydrogen (secondary N) is 1. The van der Waals surface area contributed by atoms with Crippen LogP contribution in [0.3, 0.4) is 0 Å². The van der Waals surface area contributed by atoms with Crippen LogP contribution in [0.15, 0.2) is 48.1 Å². The van der Waals surface area contributed by atoms with Crippen LogP contribution in [0, 0.1) is 0 Å². The second kappa shape index (κ2) is 8.02. The molecule has 0 atom stereocenters. The average Bonchev–Trinajstić information content (AvgIpc) is 3.33. The number of thiazole rings is 1. The van der Waals surface area contributed by atoms with Gasteiger partial charge in [-0.2, -0.15) is 5.10 Å². The standard InChI is InChI=1S/C20H23N5OS/c1-24-12-16(11-21-24)18-14-27-19(23-18)13-25-9-7-17(8-10-25)22-20(26)15-5-3-2-4-6-15/h2-6,11-12,14,17H,7-10,13H2,1H3,(H,22,26). The van der Waals surface area contributed by atoms with Crippen molar-refractivity contribution in [3.8, 4) is 11.3 Å². The van der Waals surface area contributed by atoms with Gasteiger partial charge in [-0.05, 0) is 25.0 Å². The van der Waals surface area contributed by atoms with Crippen molar-refractivity contribution in [2.75, 3.05) is 13.1 Å². The van der Waals surface area contributed by atoms with Gasteiger partial charge in [-0.1, -0.05) is 18.2 Å². The van der Waals surface area contributed by atoms with Gasteiger partial charge in [0.25, 0.3) is 5.91 Å². The highest BCUT2D eigenvalue weighted by Crippen LogP contribution is 2.23. The first-order valence-corrected chi connectivity index (χ1v) is 10.1. The van der Waals surface area contributed by atoms with E-state index in [-0.39, 0.29) is 11.9 Å². The lowest BCUT2D eigenvalue weighted by atomic mass is 10.0. The topological polar surface area (TPSA) is 63.0 Å². The first-order valence-electron chi connectivity index (χ1n) is 9.19. The highest BCUT2D eigenvalue weighted by molar-refractivity contribution is 7.09. The third-order valence-corrected chi connectivity index (χ3v) is 5.70. The summed E-state index contributed by atoms with van der Waals surface area (Å²) in [4.78, 5) is 19.4. The molecular formula is C20H23N5OS. The number of likely N-dealkylation sites (tertiary alicyclic amines) is 1. The minimum Gasteiger partial charge on any atom is -0.349 e. The van der Waals surface area contributed by atoms with E-state index in [1.807, 2.05) is 49.8 Å². The van der Waals surface area contributed by atoms with E-state index in [0.29, 0.717) is 0 Å². The van der Waals surface area contributed by atoms with Crippen molar-refractivity contribution in [3.63, 3.8) is 0 Å². The highest BCUT2D eigenvalue weighted by atomic mass is 32.1. The van der Waals surface area contributed by atoms with Gasteiger partial charge in [0, 0.05) is 48.9 Å². The van der Waals surface area contributed by atoms with Crippen molar-refractivity contribution in [3.05, 3.63) is 58.7 Å². The molecule has 1 aliphatic rings. The SMILES string of the molecule is Cn1cc(-c2csc(CN3CCC(NC(=O)c4ccccc4)CC3)n2)cn1. The molecular weight excluding hydrogens is 358 g/mol. The number of aromatic nitrogens is 3. The number of benzene rings is 1. The number of rotatable bonds is 5. The molecule has 4 rings (SSSR count). The third kappa shape index (κ3) is 4.43. The Morgan fingerprint density at radius 2 is 2.04 bits per heavy atom. The van der Waals surface area contributed by atoms with E-state index in [1.54, 1.807) is 16.0 Å². The summed E-state index contributed by atoms with van der Waals surface area (Å²) in [5.74, 6) is 0.0232. The summed E-state index contributed by atoms with van der Waals surface area (Å²) < 4.78 is 1.79. The summed E-state index contributed by atoms with van der Waals surface area (Å²) in [5, 5.41) is 10.6. The van der Waals surface area contributed by atoms with Crippen LogP contribution in [0.4, 0.5) is 0 Å². The molecule has 0 spiro atoms. The summed E-state index contributed by atoms with van der Waals surface area (Å²) in [6, 6.07) is 9.67. The summed E-state index contributed by atoms with van der Waals surface area (Å²) in [5.41, 5.74) is 2.78. The molecule has 1 aromatic carbocycles. The Morgan fingerprint density at radius 3 is 2.74 bits per heavy atom. The molecule has 1 fully saturated rings. The van der Waals surface area contributed by atoms with Crippen molar-refractivity contribution in [1.29, 1.82) is 0 Å². The Hall–Kier alpha value is -2.51. The van der Waals surface area contributed by atoms with E-state index in [4.69, 9.17) is 4.98 Å². The molecule has 1 amide bonds. The average molecular weight is 382 g/mol. The Balaban J connectivity index is 1.27. The monoisotopic (exact) mass is 381 g/mol. The fourth-order valence-electron chi connectivity index (χ4n) is 3.35. The summed E-state index contributed by atoms with van der Waals surface area (Å²) in [7, 11) is 1.91. The van der Waals surface area contributed by atoms with Crippen molar-refractivity contribution >= 4 is 17.2 Å². The van der Waals surface area contributed by atoms with E-state index < -0.39 is 0 Å². The molecule has 27 heavy (non-hydrogen) atoms. The Labute approximate surface area is 162 Å². The number of hydrogen-bond donors (Lipinski definition) is 1. The second-order valence-electron chi connectivity index (χ2n) is 6.92. The molecule has 3 aromatic rings. The molecule has 1 N–H and O–H groups in total. The Bertz CT molecular complexity index is 896. The Kier molecular flexibility index (Phi) is 5.31. The van der Waals surface area contributed by atoms with E-state index in [9.17, 15) is 4.79 Å². The maximum atomic E-state index is 12.3. The highest BCUT2D eigenvalue weighted by Gasteiger charge is 2.22. The molecule has 1 aliphatic heterocycles. The lowest BCUT2D eigenvalue weighted by Crippen LogP contribution is -2.44. The molecule has 7 heteroatoms. The quantitative estimate of drug-likeness (QED) is 0.738. The number of amides is 1. The predicted octanol–water partition coefficient (Wildman–Crippen LogP) is 2.94. The van der Waals surface area contributed by atoms with Gasteiger partial charge in [-0.25, -0.2) is 4.98 Å². The van der Waals surface area contributed by atoms with Gasteiger partial charge in [0.05, 0.1) is 18.4 Å². The van der Waals surface area contributed by atoms with Crippen molar-refractivity contribution in [2.45, 2.75) is 25.4 Å². The van der Waals surface area contributed by atoms with Gasteiger partial charge in [-0.3, -0.25) is 14.4 Å². The Morgan fingerprint density at radius 1 is 1.26 bits per heavy atom. The zero-order valence-electron chi connectivity index (χ0n) is 15.3. The number of aryl methyl sites for hydroxylation is 1. The first kappa shape index (κ1) is 17.9. The normalized spacial score (nSPS) is 15.7. The van der Waals surface area contributed by atoms with Crippen molar-refractivity contribution in [2.24, 2.45) is 7.05 Å². The lowest BCUT2D eigenvalue weighted by molar-refractivity contribution is 0.0909. The fraction of sp³-hybridized carbons (Fsp3) is 0.350. The summed E-state index contributed by atoms with van der Waals surface area (Å²) >= 11 is 1.70. The molecule has 0 aliphatic carbocycles. The minimum absolute atomic E-state index is 0.0232. The van der Waals surface area contributed by atoms with E-state index in [1.165, 1.54) is 0 Å². The summed E-state index contributed by atoms with van der Waals surface area (Å²) in [6.45, 7) is 2.81. The molecule has 0 bridgehead atoms. The van der Waals surface area contributed by atoms with Crippen molar-refractivity contribution < 1.29 is 4.79 Å². The number of carbonyl (C=O) groups excluding carboxylic acids is 1. The predicted molar refractivity (Wildman–Crippen MR) is 107 cm³/mol. The number of carbonyl (C=O) groups is 1. The second-order valence-corrected chi connectivity index (χ2v) is 7.86. The van der Waals surface area contributed by atoms with Crippen LogP contribution in [0.1, 0.15) is 28.2 Å². The van der Waals surface area contributed by atoms with E-state index >= 15 is 0 Å². The molecule has 3 heterocycles. The van der Waals surface area contributed by atoms with Crippen molar-refractivity contribution in [1.82, 2.24) is 25.0 Å². The van der Waals surface area contributed by atoms with Crippen LogP contribution in [0.2, 0.25) is 0 Å². The number of hydrogen-bond acceptors (Lipinski definition) is 5. The van der Waals surface area contributed by atoms with Crippen LogP contribution in [0.5, 0.6) is 0 Å². The molecule has 6 nitrogen and oxygen atoms in total. The maximum absolute atomic E-state index is 12.3. The van der Waals surface area contributed by atoms with Gasteiger partial charge in [-0.15, -0.1) is 11.3 Å². The molecule has 1 saturated heterocycles. The lowest BCUT2D eigenvalue weighted by Gasteiger charge is -2.31. The molecule has 0 unspecified atom stereocenters. The van der Waals surface area contributed by atoms with Crippen LogP contribution in [-0.4, -0.2) is 44.7 Å². The van der Waals surface area contributed by atoms with Gasteiger partial charge in [0.15, 0.2) is 0 Å².